The molecule has 1 N–H and O–H groups in total. The summed E-state index contributed by atoms with van der Waals surface area (Å²) in [7, 11) is 0. The molecule has 3 nitrogen and oxygen atoms in total. The molecular formula is C11H11BrN2OS. The van der Waals surface area contributed by atoms with Crippen LogP contribution < -0.4 is 5.32 Å². The molecule has 0 aliphatic carbocycles. The maximum absolute atomic E-state index is 5.12. The molecule has 0 aliphatic heterocycles. The molecule has 0 radical (unpaired) electrons. The average Bonchev–Trinajstić information content (AvgIpc) is 2.77. The minimum absolute atomic E-state index is 0.719. The molecule has 1 aromatic carbocycles. The summed E-state index contributed by atoms with van der Waals surface area (Å²) in [6.07, 6.45) is 3.24. The van der Waals surface area contributed by atoms with Gasteiger partial charge in [-0.05, 0) is 18.2 Å². The average molecular weight is 299 g/mol. The Labute approximate surface area is 107 Å². The Bertz CT molecular complexity index is 433. The molecule has 1 aromatic heterocycles. The van der Waals surface area contributed by atoms with Crippen molar-refractivity contribution in [1.82, 2.24) is 4.98 Å². The molecule has 84 valence electrons. The Morgan fingerprint density at radius 2 is 2.38 bits per heavy atom. The topological polar surface area (TPSA) is 38.1 Å². The standard InChI is InChI=1S/C11H11BrN2OS/c12-9-2-1-3-10(8-9)13-5-7-16-11-14-4-6-15-11/h1-4,6,8,13H,5,7H2. The number of thioether (sulfide) groups is 1. The van der Waals surface area contributed by atoms with E-state index in [4.69, 9.17) is 4.42 Å². The van der Waals surface area contributed by atoms with E-state index in [0.29, 0.717) is 0 Å². The number of nitrogens with zero attached hydrogens (tertiary/aromatic N) is 1. The van der Waals surface area contributed by atoms with E-state index in [-0.39, 0.29) is 0 Å². The summed E-state index contributed by atoms with van der Waals surface area (Å²) in [6.45, 7) is 0.878. The first kappa shape index (κ1) is 11.5. The third-order valence-corrected chi connectivity index (χ3v) is 3.24. The fourth-order valence-electron chi connectivity index (χ4n) is 1.21. The molecule has 0 bridgehead atoms. The van der Waals surface area contributed by atoms with Crippen LogP contribution in [0, 0.1) is 0 Å². The molecule has 0 amide bonds. The number of benzene rings is 1. The fourth-order valence-corrected chi connectivity index (χ4v) is 2.25. The maximum Gasteiger partial charge on any atom is 0.255 e. The van der Waals surface area contributed by atoms with Gasteiger partial charge in [-0.3, -0.25) is 0 Å². The number of oxazole rings is 1. The van der Waals surface area contributed by atoms with Gasteiger partial charge in [0.05, 0.1) is 6.20 Å². The van der Waals surface area contributed by atoms with Crippen molar-refractivity contribution in [2.75, 3.05) is 17.6 Å². The first-order chi connectivity index (χ1) is 7.84. The van der Waals surface area contributed by atoms with E-state index in [0.717, 1.165) is 27.7 Å². The molecule has 2 rings (SSSR count). The summed E-state index contributed by atoms with van der Waals surface area (Å²) in [5.41, 5.74) is 1.11. The van der Waals surface area contributed by atoms with Crippen LogP contribution in [0.3, 0.4) is 0 Å². The predicted molar refractivity (Wildman–Crippen MR) is 69.9 cm³/mol. The van der Waals surface area contributed by atoms with Crippen LogP contribution in [0.5, 0.6) is 0 Å². The van der Waals surface area contributed by atoms with E-state index in [1.807, 2.05) is 18.2 Å². The van der Waals surface area contributed by atoms with Gasteiger partial charge < -0.3 is 9.73 Å². The van der Waals surface area contributed by atoms with Crippen molar-refractivity contribution >= 4 is 33.4 Å². The van der Waals surface area contributed by atoms with E-state index in [1.165, 1.54) is 0 Å². The van der Waals surface area contributed by atoms with Crippen LogP contribution in [0.4, 0.5) is 5.69 Å². The molecule has 0 unspecified atom stereocenters. The molecule has 1 heterocycles. The lowest BCUT2D eigenvalue weighted by molar-refractivity contribution is 0.454. The van der Waals surface area contributed by atoms with Crippen molar-refractivity contribution in [3.8, 4) is 0 Å². The summed E-state index contributed by atoms with van der Waals surface area (Å²) < 4.78 is 6.20. The largest absolute Gasteiger partial charge is 0.440 e. The lowest BCUT2D eigenvalue weighted by Gasteiger charge is -2.05. The van der Waals surface area contributed by atoms with Crippen LogP contribution in [-0.2, 0) is 0 Å². The SMILES string of the molecule is Brc1cccc(NCCSc2ncco2)c1. The molecule has 0 saturated carbocycles. The van der Waals surface area contributed by atoms with Crippen molar-refractivity contribution in [2.24, 2.45) is 0 Å². The van der Waals surface area contributed by atoms with Gasteiger partial charge in [0.2, 0.25) is 0 Å². The minimum Gasteiger partial charge on any atom is -0.440 e. The second-order valence-electron chi connectivity index (χ2n) is 3.08. The van der Waals surface area contributed by atoms with Gasteiger partial charge in [0.1, 0.15) is 6.26 Å². The Kier molecular flexibility index (Phi) is 4.30. The highest BCUT2D eigenvalue weighted by Crippen LogP contribution is 2.17. The third-order valence-electron chi connectivity index (χ3n) is 1.89. The zero-order chi connectivity index (χ0) is 11.2. The van der Waals surface area contributed by atoms with E-state index >= 15 is 0 Å². The Morgan fingerprint density at radius 1 is 1.44 bits per heavy atom. The van der Waals surface area contributed by atoms with Crippen LogP contribution in [-0.4, -0.2) is 17.3 Å². The summed E-state index contributed by atoms with van der Waals surface area (Å²) in [6, 6.07) is 8.11. The zero-order valence-electron chi connectivity index (χ0n) is 8.52. The highest BCUT2D eigenvalue weighted by Gasteiger charge is 1.97. The molecule has 0 spiro atoms. The van der Waals surface area contributed by atoms with Crippen LogP contribution in [0.1, 0.15) is 0 Å². The van der Waals surface area contributed by atoms with Gasteiger partial charge in [0, 0.05) is 22.5 Å². The van der Waals surface area contributed by atoms with E-state index in [1.54, 1.807) is 24.2 Å². The lowest BCUT2D eigenvalue weighted by Crippen LogP contribution is -2.03. The molecule has 5 heteroatoms. The highest BCUT2D eigenvalue weighted by atomic mass is 79.9. The maximum atomic E-state index is 5.12. The summed E-state index contributed by atoms with van der Waals surface area (Å²) in [4.78, 5) is 4.04. The summed E-state index contributed by atoms with van der Waals surface area (Å²) in [5.74, 6) is 0.924. The van der Waals surface area contributed by atoms with Gasteiger partial charge in [0.25, 0.3) is 5.22 Å². The highest BCUT2D eigenvalue weighted by molar-refractivity contribution is 9.10. The van der Waals surface area contributed by atoms with Gasteiger partial charge >= 0.3 is 0 Å². The first-order valence-corrected chi connectivity index (χ1v) is 6.64. The van der Waals surface area contributed by atoms with Crippen molar-refractivity contribution in [1.29, 1.82) is 0 Å². The van der Waals surface area contributed by atoms with Crippen molar-refractivity contribution < 1.29 is 4.42 Å². The number of halogens is 1. The molecule has 0 fully saturated rings. The van der Waals surface area contributed by atoms with Gasteiger partial charge in [0.15, 0.2) is 0 Å². The molecule has 2 aromatic rings. The fraction of sp³-hybridized carbons (Fsp3) is 0.182. The Morgan fingerprint density at radius 3 is 3.12 bits per heavy atom. The van der Waals surface area contributed by atoms with Crippen LogP contribution >= 0.6 is 27.7 Å². The monoisotopic (exact) mass is 298 g/mol. The molecule has 0 atom stereocenters. The van der Waals surface area contributed by atoms with Gasteiger partial charge in [-0.15, -0.1) is 0 Å². The molecule has 0 aliphatic rings. The van der Waals surface area contributed by atoms with Gasteiger partial charge in [-0.2, -0.15) is 0 Å². The molecule has 16 heavy (non-hydrogen) atoms. The number of anilines is 1. The molecular weight excluding hydrogens is 288 g/mol. The first-order valence-electron chi connectivity index (χ1n) is 4.86. The van der Waals surface area contributed by atoms with Gasteiger partial charge in [-0.1, -0.05) is 33.8 Å². The summed E-state index contributed by atoms with van der Waals surface area (Å²) >= 11 is 5.03. The van der Waals surface area contributed by atoms with E-state index in [9.17, 15) is 0 Å². The number of rotatable bonds is 5. The Hall–Kier alpha value is -0.940. The van der Waals surface area contributed by atoms with Crippen LogP contribution in [0.2, 0.25) is 0 Å². The van der Waals surface area contributed by atoms with Crippen molar-refractivity contribution in [3.63, 3.8) is 0 Å². The lowest BCUT2D eigenvalue weighted by atomic mass is 10.3. The van der Waals surface area contributed by atoms with Crippen molar-refractivity contribution in [2.45, 2.75) is 5.22 Å². The Balaban J connectivity index is 1.72. The number of aromatic nitrogens is 1. The molecule has 0 saturated heterocycles. The number of hydrogen-bond acceptors (Lipinski definition) is 4. The van der Waals surface area contributed by atoms with E-state index < -0.39 is 0 Å². The number of nitrogens with one attached hydrogen (secondary N) is 1. The van der Waals surface area contributed by atoms with Crippen LogP contribution in [0.15, 0.2) is 50.8 Å². The smallest absolute Gasteiger partial charge is 0.255 e. The van der Waals surface area contributed by atoms with E-state index in [2.05, 4.69) is 32.3 Å². The third kappa shape index (κ3) is 3.57. The second kappa shape index (κ2) is 5.96. The summed E-state index contributed by atoms with van der Waals surface area (Å²) in [5, 5.41) is 4.05. The minimum atomic E-state index is 0.719. The predicted octanol–water partition coefficient (Wildman–Crippen LogP) is 3.64. The quantitative estimate of drug-likeness (QED) is 0.675. The normalized spacial score (nSPS) is 10.3. The van der Waals surface area contributed by atoms with Gasteiger partial charge in [-0.25, -0.2) is 4.98 Å². The van der Waals surface area contributed by atoms with Crippen LogP contribution in [0.25, 0.3) is 0 Å². The zero-order valence-corrected chi connectivity index (χ0v) is 10.9. The number of hydrogen-bond donors (Lipinski definition) is 1. The second-order valence-corrected chi connectivity index (χ2v) is 5.05. The van der Waals surface area contributed by atoms with Crippen molar-refractivity contribution in [3.05, 3.63) is 41.2 Å².